The van der Waals surface area contributed by atoms with E-state index < -0.39 is 24.5 Å². The summed E-state index contributed by atoms with van der Waals surface area (Å²) in [5.74, 6) is -0.733. The second-order valence-electron chi connectivity index (χ2n) is 6.03. The molecule has 0 spiro atoms. The van der Waals surface area contributed by atoms with E-state index in [1.807, 2.05) is 37.3 Å². The third-order valence-corrected chi connectivity index (χ3v) is 3.74. The second kappa shape index (κ2) is 11.4. The van der Waals surface area contributed by atoms with Crippen molar-refractivity contribution in [2.45, 2.75) is 26.4 Å². The first-order valence-electron chi connectivity index (χ1n) is 9.10. The topological polar surface area (TPSA) is 93.7 Å². The third kappa shape index (κ3) is 7.49. The molecular weight excluding hydrogens is 360 g/mol. The molecule has 0 radical (unpaired) electrons. The Labute approximate surface area is 164 Å². The molecule has 0 fully saturated rings. The summed E-state index contributed by atoms with van der Waals surface area (Å²) in [6.45, 7) is 2.36. The summed E-state index contributed by atoms with van der Waals surface area (Å²) in [5.41, 5.74) is 1.32. The molecule has 0 aliphatic rings. The average molecular weight is 384 g/mol. The van der Waals surface area contributed by atoms with Gasteiger partial charge in [-0.15, -0.1) is 0 Å². The van der Waals surface area contributed by atoms with E-state index in [1.165, 1.54) is 0 Å². The van der Waals surface area contributed by atoms with Gasteiger partial charge in [-0.1, -0.05) is 43.7 Å². The number of rotatable bonds is 9. The van der Waals surface area contributed by atoms with Crippen molar-refractivity contribution in [3.05, 3.63) is 65.7 Å². The zero-order chi connectivity index (χ0) is 20.2. The lowest BCUT2D eigenvalue weighted by molar-refractivity contribution is -0.123. The molecule has 0 aromatic heterocycles. The van der Waals surface area contributed by atoms with Crippen molar-refractivity contribution in [1.29, 1.82) is 0 Å². The molecule has 3 amide bonds. The standard InChI is InChI=1S/C21H24N2O5/c1-2-3-13-22-21(26)23-19(24)15-28-20(25)17-9-11-18(12-10-17)27-14-16-7-5-4-6-8-16/h4-12H,2-3,13-15H2,1H3,(H2,22,23,24,26). The van der Waals surface area contributed by atoms with Gasteiger partial charge in [-0.3, -0.25) is 10.1 Å². The molecule has 0 saturated heterocycles. The molecule has 2 aromatic rings. The van der Waals surface area contributed by atoms with Crippen molar-refractivity contribution >= 4 is 17.9 Å². The van der Waals surface area contributed by atoms with Crippen LogP contribution in [0.25, 0.3) is 0 Å². The van der Waals surface area contributed by atoms with E-state index in [4.69, 9.17) is 9.47 Å². The fraction of sp³-hybridized carbons (Fsp3) is 0.286. The molecule has 0 heterocycles. The van der Waals surface area contributed by atoms with Gasteiger partial charge in [-0.05, 0) is 36.2 Å². The number of amides is 3. The van der Waals surface area contributed by atoms with Crippen molar-refractivity contribution in [2.24, 2.45) is 0 Å². The number of carbonyl (C=O) groups is 3. The Hall–Kier alpha value is -3.35. The smallest absolute Gasteiger partial charge is 0.338 e. The van der Waals surface area contributed by atoms with E-state index in [9.17, 15) is 14.4 Å². The number of urea groups is 1. The molecule has 7 heteroatoms. The highest BCUT2D eigenvalue weighted by Crippen LogP contribution is 2.15. The minimum absolute atomic E-state index is 0.284. The highest BCUT2D eigenvalue weighted by atomic mass is 16.5. The maximum Gasteiger partial charge on any atom is 0.338 e. The molecule has 0 aliphatic heterocycles. The molecule has 2 rings (SSSR count). The molecule has 2 aromatic carbocycles. The van der Waals surface area contributed by atoms with E-state index >= 15 is 0 Å². The van der Waals surface area contributed by atoms with Crippen LogP contribution in [0.3, 0.4) is 0 Å². The van der Waals surface area contributed by atoms with Crippen LogP contribution in [0, 0.1) is 0 Å². The molecule has 7 nitrogen and oxygen atoms in total. The lowest BCUT2D eigenvalue weighted by Gasteiger charge is -2.08. The van der Waals surface area contributed by atoms with Gasteiger partial charge in [0.2, 0.25) is 0 Å². The first kappa shape index (κ1) is 21.0. The molecule has 0 atom stereocenters. The van der Waals surface area contributed by atoms with Gasteiger partial charge >= 0.3 is 12.0 Å². The van der Waals surface area contributed by atoms with E-state index in [0.717, 1.165) is 18.4 Å². The highest BCUT2D eigenvalue weighted by Gasteiger charge is 2.12. The number of unbranched alkanes of at least 4 members (excludes halogenated alkanes) is 1. The van der Waals surface area contributed by atoms with Crippen LogP contribution >= 0.6 is 0 Å². The largest absolute Gasteiger partial charge is 0.489 e. The van der Waals surface area contributed by atoms with Crippen molar-refractivity contribution < 1.29 is 23.9 Å². The molecule has 0 unspecified atom stereocenters. The Bertz CT molecular complexity index is 775. The third-order valence-electron chi connectivity index (χ3n) is 3.74. The van der Waals surface area contributed by atoms with Crippen LogP contribution in [0.1, 0.15) is 35.7 Å². The Kier molecular flexibility index (Phi) is 8.52. The fourth-order valence-corrected chi connectivity index (χ4v) is 2.23. The van der Waals surface area contributed by atoms with E-state index in [0.29, 0.717) is 18.9 Å². The Balaban J connectivity index is 1.73. The van der Waals surface area contributed by atoms with Crippen LogP contribution in [0.2, 0.25) is 0 Å². The van der Waals surface area contributed by atoms with Crippen LogP contribution in [0.4, 0.5) is 4.79 Å². The van der Waals surface area contributed by atoms with Crippen LogP contribution in [0.5, 0.6) is 5.75 Å². The quantitative estimate of drug-likeness (QED) is 0.512. The van der Waals surface area contributed by atoms with Crippen molar-refractivity contribution in [3.63, 3.8) is 0 Å². The monoisotopic (exact) mass is 384 g/mol. The summed E-state index contributed by atoms with van der Waals surface area (Å²) in [5, 5.41) is 4.64. The summed E-state index contributed by atoms with van der Waals surface area (Å²) < 4.78 is 10.6. The predicted molar refractivity (Wildman–Crippen MR) is 104 cm³/mol. The van der Waals surface area contributed by atoms with Gasteiger partial charge in [0.15, 0.2) is 6.61 Å². The van der Waals surface area contributed by atoms with Gasteiger partial charge in [0, 0.05) is 6.54 Å². The Morgan fingerprint density at radius 2 is 1.68 bits per heavy atom. The molecular formula is C21H24N2O5. The minimum atomic E-state index is -0.690. The van der Waals surface area contributed by atoms with E-state index in [2.05, 4.69) is 10.6 Å². The van der Waals surface area contributed by atoms with Crippen molar-refractivity contribution in [1.82, 2.24) is 10.6 Å². The second-order valence-corrected chi connectivity index (χ2v) is 6.03. The van der Waals surface area contributed by atoms with Crippen LogP contribution in [0.15, 0.2) is 54.6 Å². The SMILES string of the molecule is CCCCNC(=O)NC(=O)COC(=O)c1ccc(OCc2ccccc2)cc1. The van der Waals surface area contributed by atoms with Gasteiger partial charge in [-0.25, -0.2) is 9.59 Å². The van der Waals surface area contributed by atoms with Gasteiger partial charge in [0.05, 0.1) is 5.56 Å². The van der Waals surface area contributed by atoms with E-state index in [-0.39, 0.29) is 5.56 Å². The number of hydrogen-bond donors (Lipinski definition) is 2. The van der Waals surface area contributed by atoms with Gasteiger partial charge in [0.1, 0.15) is 12.4 Å². The zero-order valence-corrected chi connectivity index (χ0v) is 15.8. The van der Waals surface area contributed by atoms with Crippen LogP contribution < -0.4 is 15.4 Å². The summed E-state index contributed by atoms with van der Waals surface area (Å²) in [6, 6.07) is 15.5. The zero-order valence-electron chi connectivity index (χ0n) is 15.8. The summed E-state index contributed by atoms with van der Waals surface area (Å²) in [6.07, 6.45) is 1.75. The average Bonchev–Trinajstić information content (AvgIpc) is 2.72. The number of nitrogens with one attached hydrogen (secondary N) is 2. The normalized spacial score (nSPS) is 10.0. The Morgan fingerprint density at radius 1 is 0.964 bits per heavy atom. The first-order valence-corrected chi connectivity index (χ1v) is 9.10. The van der Waals surface area contributed by atoms with Crippen molar-refractivity contribution in [2.75, 3.05) is 13.2 Å². The number of ether oxygens (including phenoxy) is 2. The number of esters is 1. The molecule has 2 N–H and O–H groups in total. The molecule has 148 valence electrons. The number of imide groups is 1. The lowest BCUT2D eigenvalue weighted by Crippen LogP contribution is -2.41. The summed E-state index contributed by atoms with van der Waals surface area (Å²) in [4.78, 5) is 35.1. The first-order chi connectivity index (χ1) is 13.6. The molecule has 0 aliphatic carbocycles. The van der Waals surface area contributed by atoms with Gasteiger partial charge in [-0.2, -0.15) is 0 Å². The Morgan fingerprint density at radius 3 is 2.36 bits per heavy atom. The summed E-state index contributed by atoms with van der Waals surface area (Å²) >= 11 is 0. The van der Waals surface area contributed by atoms with Gasteiger partial charge < -0.3 is 14.8 Å². The lowest BCUT2D eigenvalue weighted by atomic mass is 10.2. The van der Waals surface area contributed by atoms with Gasteiger partial charge in [0.25, 0.3) is 5.91 Å². The maximum absolute atomic E-state index is 12.0. The highest BCUT2D eigenvalue weighted by molar-refractivity contribution is 5.97. The predicted octanol–water partition coefficient (Wildman–Crippen LogP) is 3.05. The summed E-state index contributed by atoms with van der Waals surface area (Å²) in [7, 11) is 0. The molecule has 0 bridgehead atoms. The fourth-order valence-electron chi connectivity index (χ4n) is 2.23. The number of hydrogen-bond acceptors (Lipinski definition) is 5. The molecule has 0 saturated carbocycles. The van der Waals surface area contributed by atoms with Crippen LogP contribution in [-0.2, 0) is 16.1 Å². The van der Waals surface area contributed by atoms with Crippen LogP contribution in [-0.4, -0.2) is 31.1 Å². The minimum Gasteiger partial charge on any atom is -0.489 e. The number of carbonyl (C=O) groups excluding carboxylic acids is 3. The molecule has 28 heavy (non-hydrogen) atoms. The number of benzene rings is 2. The van der Waals surface area contributed by atoms with E-state index in [1.54, 1.807) is 24.3 Å². The maximum atomic E-state index is 12.0. The van der Waals surface area contributed by atoms with Crippen molar-refractivity contribution in [3.8, 4) is 5.75 Å².